The highest BCUT2D eigenvalue weighted by atomic mass is 16.6. The fourth-order valence-corrected chi connectivity index (χ4v) is 1.62. The molecular weight excluding hydrogens is 248 g/mol. The predicted octanol–water partition coefficient (Wildman–Crippen LogP) is 1.75. The van der Waals surface area contributed by atoms with Crippen LogP contribution >= 0.6 is 0 Å². The molecule has 0 fully saturated rings. The third-order valence-electron chi connectivity index (χ3n) is 3.17. The van der Waals surface area contributed by atoms with Crippen molar-refractivity contribution < 1.29 is 9.72 Å². The van der Waals surface area contributed by atoms with Crippen LogP contribution < -0.4 is 11.3 Å². The van der Waals surface area contributed by atoms with E-state index in [1.54, 1.807) is 11.9 Å². The molecule has 0 heterocycles. The summed E-state index contributed by atoms with van der Waals surface area (Å²) in [6.45, 7) is 3.89. The van der Waals surface area contributed by atoms with Gasteiger partial charge in [-0.3, -0.25) is 20.8 Å². The summed E-state index contributed by atoms with van der Waals surface area (Å²) in [7, 11) is 1.68. The van der Waals surface area contributed by atoms with Crippen molar-refractivity contribution in [2.75, 3.05) is 12.5 Å². The van der Waals surface area contributed by atoms with Crippen molar-refractivity contribution in [3.8, 4) is 0 Å². The molecule has 3 N–H and O–H groups in total. The number of benzene rings is 1. The van der Waals surface area contributed by atoms with Crippen molar-refractivity contribution in [3.63, 3.8) is 0 Å². The standard InChI is InChI=1S/C12H18N4O3/c1-4-8(2)15(3)12(17)9-5-6-10(14-13)11(7-9)16(18)19/h5-8,14H,4,13H2,1-3H3. The largest absolute Gasteiger partial charge is 0.339 e. The number of nitro benzene ring substituents is 1. The number of rotatable bonds is 5. The zero-order valence-corrected chi connectivity index (χ0v) is 11.2. The third-order valence-corrected chi connectivity index (χ3v) is 3.17. The number of nitrogens with one attached hydrogen (secondary N) is 1. The van der Waals surface area contributed by atoms with Gasteiger partial charge in [0.05, 0.1) is 4.92 Å². The number of nitrogen functional groups attached to an aromatic ring is 1. The molecule has 0 aliphatic carbocycles. The molecule has 0 saturated heterocycles. The monoisotopic (exact) mass is 266 g/mol. The lowest BCUT2D eigenvalue weighted by molar-refractivity contribution is -0.384. The lowest BCUT2D eigenvalue weighted by Gasteiger charge is -2.23. The van der Waals surface area contributed by atoms with Crippen molar-refractivity contribution in [1.29, 1.82) is 0 Å². The minimum atomic E-state index is -0.574. The number of anilines is 1. The maximum absolute atomic E-state index is 12.2. The fourth-order valence-electron chi connectivity index (χ4n) is 1.62. The minimum absolute atomic E-state index is 0.0684. The maximum Gasteiger partial charge on any atom is 0.294 e. The zero-order valence-electron chi connectivity index (χ0n) is 11.2. The summed E-state index contributed by atoms with van der Waals surface area (Å²) in [5, 5.41) is 10.9. The van der Waals surface area contributed by atoms with Crippen molar-refractivity contribution in [1.82, 2.24) is 4.90 Å². The van der Waals surface area contributed by atoms with Gasteiger partial charge < -0.3 is 10.3 Å². The molecule has 1 aromatic carbocycles. The Morgan fingerprint density at radius 3 is 2.68 bits per heavy atom. The first kappa shape index (κ1) is 14.9. The second kappa shape index (κ2) is 6.14. The van der Waals surface area contributed by atoms with E-state index in [1.165, 1.54) is 18.2 Å². The van der Waals surface area contributed by atoms with Crippen LogP contribution in [-0.4, -0.2) is 28.8 Å². The van der Waals surface area contributed by atoms with E-state index in [2.05, 4.69) is 5.43 Å². The molecule has 19 heavy (non-hydrogen) atoms. The minimum Gasteiger partial charge on any atom is -0.339 e. The molecule has 0 radical (unpaired) electrons. The van der Waals surface area contributed by atoms with Gasteiger partial charge in [-0.2, -0.15) is 0 Å². The van der Waals surface area contributed by atoms with E-state index >= 15 is 0 Å². The Bertz CT molecular complexity index is 490. The molecule has 0 bridgehead atoms. The van der Waals surface area contributed by atoms with Gasteiger partial charge in [0.1, 0.15) is 5.69 Å². The van der Waals surface area contributed by atoms with Gasteiger partial charge in [0.25, 0.3) is 11.6 Å². The Morgan fingerprint density at radius 1 is 1.58 bits per heavy atom. The van der Waals surface area contributed by atoms with E-state index in [-0.39, 0.29) is 28.9 Å². The summed E-state index contributed by atoms with van der Waals surface area (Å²) < 4.78 is 0. The summed E-state index contributed by atoms with van der Waals surface area (Å²) in [5.41, 5.74) is 2.47. The number of hydrogen-bond donors (Lipinski definition) is 2. The molecule has 1 aromatic rings. The topological polar surface area (TPSA) is 102 Å². The van der Waals surface area contributed by atoms with Gasteiger partial charge in [0.15, 0.2) is 0 Å². The summed E-state index contributed by atoms with van der Waals surface area (Å²) in [6, 6.07) is 4.24. The molecule has 1 amide bonds. The summed E-state index contributed by atoms with van der Waals surface area (Å²) in [6.07, 6.45) is 0.812. The number of nitrogens with two attached hydrogens (primary N) is 1. The van der Waals surface area contributed by atoms with Gasteiger partial charge in [-0.1, -0.05) is 6.92 Å². The van der Waals surface area contributed by atoms with Crippen LogP contribution in [0.4, 0.5) is 11.4 Å². The van der Waals surface area contributed by atoms with E-state index in [0.717, 1.165) is 6.42 Å². The summed E-state index contributed by atoms with van der Waals surface area (Å²) in [4.78, 5) is 24.1. The van der Waals surface area contributed by atoms with E-state index < -0.39 is 4.92 Å². The maximum atomic E-state index is 12.2. The van der Waals surface area contributed by atoms with E-state index in [9.17, 15) is 14.9 Å². The normalized spacial score (nSPS) is 11.8. The Kier molecular flexibility index (Phi) is 4.82. The van der Waals surface area contributed by atoms with E-state index in [4.69, 9.17) is 5.84 Å². The molecular formula is C12H18N4O3. The van der Waals surface area contributed by atoms with Crippen molar-refractivity contribution in [2.45, 2.75) is 26.3 Å². The van der Waals surface area contributed by atoms with Gasteiger partial charge in [-0.25, -0.2) is 0 Å². The van der Waals surface area contributed by atoms with Gasteiger partial charge in [0.2, 0.25) is 0 Å². The van der Waals surface area contributed by atoms with Gasteiger partial charge in [-0.05, 0) is 25.5 Å². The molecule has 7 heteroatoms. The molecule has 7 nitrogen and oxygen atoms in total. The van der Waals surface area contributed by atoms with Crippen LogP contribution in [0.5, 0.6) is 0 Å². The molecule has 1 rings (SSSR count). The van der Waals surface area contributed by atoms with Crippen LogP contribution in [0, 0.1) is 10.1 Å². The van der Waals surface area contributed by atoms with Crippen molar-refractivity contribution in [2.24, 2.45) is 5.84 Å². The number of nitrogens with zero attached hydrogens (tertiary/aromatic N) is 2. The van der Waals surface area contributed by atoms with Crippen LogP contribution in [-0.2, 0) is 0 Å². The highest BCUT2D eigenvalue weighted by Crippen LogP contribution is 2.25. The zero-order chi connectivity index (χ0) is 14.6. The van der Waals surface area contributed by atoms with Crippen LogP contribution in [0.15, 0.2) is 18.2 Å². The predicted molar refractivity (Wildman–Crippen MR) is 72.8 cm³/mol. The first-order chi connectivity index (χ1) is 8.92. The summed E-state index contributed by atoms with van der Waals surface area (Å²) in [5.74, 6) is 4.95. The van der Waals surface area contributed by atoms with Gasteiger partial charge in [-0.15, -0.1) is 0 Å². The number of carbonyl (C=O) groups excluding carboxylic acids is 1. The first-order valence-electron chi connectivity index (χ1n) is 5.94. The van der Waals surface area contributed by atoms with Crippen molar-refractivity contribution in [3.05, 3.63) is 33.9 Å². The van der Waals surface area contributed by atoms with Gasteiger partial charge in [0, 0.05) is 24.7 Å². The van der Waals surface area contributed by atoms with Crippen LogP contribution in [0.3, 0.4) is 0 Å². The van der Waals surface area contributed by atoms with Gasteiger partial charge >= 0.3 is 0 Å². The number of hydrazine groups is 1. The lowest BCUT2D eigenvalue weighted by Crippen LogP contribution is -2.34. The van der Waals surface area contributed by atoms with Crippen LogP contribution in [0.2, 0.25) is 0 Å². The van der Waals surface area contributed by atoms with E-state index in [0.29, 0.717) is 0 Å². The Morgan fingerprint density at radius 2 is 2.21 bits per heavy atom. The number of amides is 1. The molecule has 0 spiro atoms. The quantitative estimate of drug-likeness (QED) is 0.480. The molecule has 1 unspecified atom stereocenters. The van der Waals surface area contributed by atoms with E-state index in [1.807, 2.05) is 13.8 Å². The third kappa shape index (κ3) is 3.19. The molecule has 0 aliphatic rings. The Labute approximate surface area is 111 Å². The Hall–Kier alpha value is -2.15. The first-order valence-corrected chi connectivity index (χ1v) is 5.94. The number of nitro groups is 1. The number of hydrogen-bond acceptors (Lipinski definition) is 5. The highest BCUT2D eigenvalue weighted by molar-refractivity contribution is 5.95. The molecule has 0 aromatic heterocycles. The molecule has 104 valence electrons. The summed E-state index contributed by atoms with van der Waals surface area (Å²) >= 11 is 0. The smallest absolute Gasteiger partial charge is 0.294 e. The number of carbonyl (C=O) groups is 1. The van der Waals surface area contributed by atoms with Crippen LogP contribution in [0.25, 0.3) is 0 Å². The molecule has 0 saturated carbocycles. The highest BCUT2D eigenvalue weighted by Gasteiger charge is 2.21. The Balaban J connectivity index is 3.12. The van der Waals surface area contributed by atoms with Crippen LogP contribution in [0.1, 0.15) is 30.6 Å². The average molecular weight is 266 g/mol. The molecule has 1 atom stereocenters. The second-order valence-corrected chi connectivity index (χ2v) is 4.31. The fraction of sp³-hybridized carbons (Fsp3) is 0.417. The van der Waals surface area contributed by atoms with Crippen molar-refractivity contribution >= 4 is 17.3 Å². The lowest BCUT2D eigenvalue weighted by atomic mass is 10.1. The SMILES string of the molecule is CCC(C)N(C)C(=O)c1ccc(NN)c([N+](=O)[O-])c1. The average Bonchev–Trinajstić information content (AvgIpc) is 2.43. The second-order valence-electron chi connectivity index (χ2n) is 4.31. The molecule has 0 aliphatic heterocycles.